The van der Waals surface area contributed by atoms with Gasteiger partial charge in [0.2, 0.25) is 5.88 Å². The third-order valence-corrected chi connectivity index (χ3v) is 5.86. The number of benzene rings is 3. The van der Waals surface area contributed by atoms with Gasteiger partial charge >= 0.3 is 5.97 Å². The van der Waals surface area contributed by atoms with Crippen LogP contribution in [0.4, 0.5) is 0 Å². The van der Waals surface area contributed by atoms with Crippen LogP contribution in [0.25, 0.3) is 6.08 Å². The number of hydrogen-bond acceptors (Lipinski definition) is 6. The Balaban J connectivity index is 1.60. The SMILES string of the molecule is CCCCCOc1ccccc1C1C(C#N)=C(N)Oc2cc(OC(=O)/C=C/c3ccccc3)ccc21. The van der Waals surface area contributed by atoms with Gasteiger partial charge in [0.05, 0.1) is 12.5 Å². The van der Waals surface area contributed by atoms with Gasteiger partial charge in [-0.25, -0.2) is 4.79 Å². The Labute approximate surface area is 211 Å². The summed E-state index contributed by atoms with van der Waals surface area (Å²) < 4.78 is 17.3. The fourth-order valence-corrected chi connectivity index (χ4v) is 4.08. The first-order chi connectivity index (χ1) is 17.6. The molecule has 3 aromatic rings. The maximum atomic E-state index is 12.4. The highest BCUT2D eigenvalue weighted by molar-refractivity contribution is 5.88. The average molecular weight is 481 g/mol. The first-order valence-corrected chi connectivity index (χ1v) is 12.0. The number of ether oxygens (including phenoxy) is 3. The van der Waals surface area contributed by atoms with Crippen LogP contribution in [0, 0.1) is 11.3 Å². The second-order valence-corrected chi connectivity index (χ2v) is 8.38. The summed E-state index contributed by atoms with van der Waals surface area (Å²) in [4.78, 5) is 12.4. The van der Waals surface area contributed by atoms with Crippen molar-refractivity contribution in [2.75, 3.05) is 6.61 Å². The second-order valence-electron chi connectivity index (χ2n) is 8.38. The molecule has 6 heteroatoms. The van der Waals surface area contributed by atoms with Crippen LogP contribution < -0.4 is 19.9 Å². The highest BCUT2D eigenvalue weighted by Crippen LogP contribution is 2.45. The quantitative estimate of drug-likeness (QED) is 0.172. The van der Waals surface area contributed by atoms with E-state index in [-0.39, 0.29) is 5.88 Å². The fourth-order valence-electron chi connectivity index (χ4n) is 4.08. The van der Waals surface area contributed by atoms with Gasteiger partial charge in [0.15, 0.2) is 0 Å². The number of esters is 1. The highest BCUT2D eigenvalue weighted by Gasteiger charge is 2.32. The Kier molecular flexibility index (Phi) is 8.05. The number of allylic oxidation sites excluding steroid dienone is 1. The maximum Gasteiger partial charge on any atom is 0.336 e. The van der Waals surface area contributed by atoms with E-state index in [0.29, 0.717) is 29.4 Å². The molecule has 0 bridgehead atoms. The molecule has 1 unspecified atom stereocenters. The van der Waals surface area contributed by atoms with Crippen LogP contribution in [-0.2, 0) is 4.79 Å². The van der Waals surface area contributed by atoms with Gasteiger partial charge in [0, 0.05) is 23.3 Å². The predicted molar refractivity (Wildman–Crippen MR) is 138 cm³/mol. The van der Waals surface area contributed by atoms with E-state index in [4.69, 9.17) is 19.9 Å². The van der Waals surface area contributed by atoms with Crippen molar-refractivity contribution < 1.29 is 19.0 Å². The topological polar surface area (TPSA) is 94.6 Å². The van der Waals surface area contributed by atoms with Gasteiger partial charge in [-0.15, -0.1) is 0 Å². The number of nitriles is 1. The van der Waals surface area contributed by atoms with Gasteiger partial charge in [-0.2, -0.15) is 5.26 Å². The van der Waals surface area contributed by atoms with E-state index in [0.717, 1.165) is 36.0 Å². The van der Waals surface area contributed by atoms with Crippen molar-refractivity contribution in [2.24, 2.45) is 5.73 Å². The van der Waals surface area contributed by atoms with Crippen LogP contribution in [0.1, 0.15) is 48.8 Å². The molecule has 0 aliphatic carbocycles. The third-order valence-electron chi connectivity index (χ3n) is 5.86. The average Bonchev–Trinajstić information content (AvgIpc) is 2.90. The van der Waals surface area contributed by atoms with Crippen molar-refractivity contribution in [1.82, 2.24) is 0 Å². The van der Waals surface area contributed by atoms with Crippen molar-refractivity contribution in [3.63, 3.8) is 0 Å². The lowest BCUT2D eigenvalue weighted by atomic mass is 9.83. The standard InChI is InChI=1S/C30H28N2O4/c1-2-3-9-18-34-26-13-8-7-12-23(26)29-24-16-15-22(19-27(24)36-30(32)25(29)20-31)35-28(33)17-14-21-10-5-4-6-11-21/h4-8,10-17,19,29H,2-3,9,18,32H2,1H3/b17-14+. The lowest BCUT2D eigenvalue weighted by Gasteiger charge is -2.28. The Bertz CT molecular complexity index is 1320. The van der Waals surface area contributed by atoms with Crippen LogP contribution in [-0.4, -0.2) is 12.6 Å². The minimum atomic E-state index is -0.516. The molecule has 3 aromatic carbocycles. The summed E-state index contributed by atoms with van der Waals surface area (Å²) in [5.74, 6) is 0.473. The van der Waals surface area contributed by atoms with Crippen molar-refractivity contribution in [3.8, 4) is 23.3 Å². The summed E-state index contributed by atoms with van der Waals surface area (Å²) in [6, 6.07) is 24.4. The molecule has 1 atom stereocenters. The molecule has 0 saturated heterocycles. The smallest absolute Gasteiger partial charge is 0.336 e. The van der Waals surface area contributed by atoms with Gasteiger partial charge in [-0.1, -0.05) is 74.4 Å². The van der Waals surface area contributed by atoms with E-state index in [1.165, 1.54) is 6.08 Å². The summed E-state index contributed by atoms with van der Waals surface area (Å²) in [6.45, 7) is 2.73. The number of carbonyl (C=O) groups is 1. The van der Waals surface area contributed by atoms with Gasteiger partial charge in [-0.05, 0) is 30.2 Å². The number of rotatable bonds is 9. The van der Waals surface area contributed by atoms with Gasteiger partial charge in [0.1, 0.15) is 28.9 Å². The zero-order chi connectivity index (χ0) is 25.3. The van der Waals surface area contributed by atoms with Gasteiger partial charge in [0.25, 0.3) is 0 Å². The molecule has 0 fully saturated rings. The lowest BCUT2D eigenvalue weighted by molar-refractivity contribution is -0.128. The number of nitrogens with two attached hydrogens (primary N) is 1. The molecular formula is C30H28N2O4. The number of fused-ring (bicyclic) bond motifs is 1. The van der Waals surface area contributed by atoms with Crippen molar-refractivity contribution >= 4 is 12.0 Å². The molecule has 1 aliphatic rings. The molecule has 0 amide bonds. The van der Waals surface area contributed by atoms with Crippen LogP contribution in [0.15, 0.2) is 90.3 Å². The minimum Gasteiger partial charge on any atom is -0.493 e. The molecular weight excluding hydrogens is 452 g/mol. The second kappa shape index (κ2) is 11.8. The van der Waals surface area contributed by atoms with E-state index in [9.17, 15) is 10.1 Å². The van der Waals surface area contributed by atoms with Gasteiger partial charge in [-0.3, -0.25) is 0 Å². The zero-order valence-corrected chi connectivity index (χ0v) is 20.1. The van der Waals surface area contributed by atoms with Crippen molar-refractivity contribution in [2.45, 2.75) is 32.1 Å². The molecule has 1 heterocycles. The number of nitrogens with zero attached hydrogens (tertiary/aromatic N) is 1. The Morgan fingerprint density at radius 2 is 1.83 bits per heavy atom. The van der Waals surface area contributed by atoms with Crippen LogP contribution in [0.3, 0.4) is 0 Å². The summed E-state index contributed by atoms with van der Waals surface area (Å²) in [7, 11) is 0. The first-order valence-electron chi connectivity index (χ1n) is 12.0. The highest BCUT2D eigenvalue weighted by atomic mass is 16.5. The van der Waals surface area contributed by atoms with Crippen LogP contribution in [0.2, 0.25) is 0 Å². The predicted octanol–water partition coefficient (Wildman–Crippen LogP) is 6.09. The molecule has 36 heavy (non-hydrogen) atoms. The lowest BCUT2D eigenvalue weighted by Crippen LogP contribution is -2.21. The van der Waals surface area contributed by atoms with Crippen molar-refractivity contribution in [1.29, 1.82) is 5.26 Å². The van der Waals surface area contributed by atoms with E-state index in [1.807, 2.05) is 54.6 Å². The monoisotopic (exact) mass is 480 g/mol. The number of unbranched alkanes of at least 4 members (excludes halogenated alkanes) is 2. The summed E-state index contributed by atoms with van der Waals surface area (Å²) in [5.41, 5.74) is 8.93. The molecule has 0 radical (unpaired) electrons. The molecule has 1 aliphatic heterocycles. The van der Waals surface area contributed by atoms with E-state index in [1.54, 1.807) is 24.3 Å². The summed E-state index contributed by atoms with van der Waals surface area (Å²) in [5, 5.41) is 9.90. The molecule has 0 spiro atoms. The number of hydrogen-bond donors (Lipinski definition) is 1. The van der Waals surface area contributed by atoms with E-state index < -0.39 is 11.9 Å². The largest absolute Gasteiger partial charge is 0.493 e. The summed E-state index contributed by atoms with van der Waals surface area (Å²) >= 11 is 0. The normalized spacial score (nSPS) is 14.6. The zero-order valence-electron chi connectivity index (χ0n) is 20.1. The third kappa shape index (κ3) is 5.76. The van der Waals surface area contributed by atoms with E-state index in [2.05, 4.69) is 13.0 Å². The molecule has 2 N–H and O–H groups in total. The number of carbonyl (C=O) groups excluding carboxylic acids is 1. The van der Waals surface area contributed by atoms with Gasteiger partial charge < -0.3 is 19.9 Å². The van der Waals surface area contributed by atoms with Crippen molar-refractivity contribution in [3.05, 3.63) is 107 Å². The maximum absolute atomic E-state index is 12.4. The molecule has 0 aromatic heterocycles. The summed E-state index contributed by atoms with van der Waals surface area (Å²) in [6.07, 6.45) is 6.19. The van der Waals surface area contributed by atoms with Crippen LogP contribution in [0.5, 0.6) is 17.2 Å². The molecule has 0 saturated carbocycles. The van der Waals surface area contributed by atoms with Crippen LogP contribution >= 0.6 is 0 Å². The molecule has 6 nitrogen and oxygen atoms in total. The minimum absolute atomic E-state index is 0.0169. The molecule has 4 rings (SSSR count). The Morgan fingerprint density at radius 3 is 2.61 bits per heavy atom. The number of para-hydroxylation sites is 1. The molecule has 182 valence electrons. The first kappa shape index (κ1) is 24.6. The Morgan fingerprint density at radius 1 is 1.06 bits per heavy atom. The fraction of sp³-hybridized carbons (Fsp3) is 0.200. The Hall–Kier alpha value is -4.50. The van der Waals surface area contributed by atoms with E-state index >= 15 is 0 Å².